The Morgan fingerprint density at radius 1 is 0.974 bits per heavy atom. The second-order valence-corrected chi connectivity index (χ2v) is 10.2. The third kappa shape index (κ3) is 5.49. The van der Waals surface area contributed by atoms with Gasteiger partial charge < -0.3 is 19.7 Å². The van der Waals surface area contributed by atoms with E-state index in [-0.39, 0.29) is 11.8 Å². The number of ether oxygens (including phenoxy) is 2. The number of carbonyl (C=O) groups excluding carboxylic acids is 2. The predicted molar refractivity (Wildman–Crippen MR) is 154 cm³/mol. The number of anilines is 1. The molecule has 1 N–H and O–H groups in total. The van der Waals surface area contributed by atoms with Gasteiger partial charge in [-0.1, -0.05) is 54.6 Å². The van der Waals surface area contributed by atoms with Crippen LogP contribution in [-0.2, 0) is 9.59 Å². The monoisotopic (exact) mass is 542 g/mol. The van der Waals surface area contributed by atoms with Gasteiger partial charge in [0.25, 0.3) is 0 Å². The number of aromatic nitrogens is 2. The fourth-order valence-corrected chi connectivity index (χ4v) is 5.76. The first-order valence-corrected chi connectivity index (χ1v) is 13.8. The largest absolute Gasteiger partial charge is 0.493 e. The van der Waals surface area contributed by atoms with Crippen molar-refractivity contribution in [1.29, 1.82) is 0 Å². The number of hydrogen-bond acceptors (Lipinski definition) is 6. The van der Waals surface area contributed by atoms with Crippen LogP contribution in [0.4, 0.5) is 5.82 Å². The Kier molecular flexibility index (Phi) is 7.88. The number of carbonyl (C=O) groups is 2. The van der Waals surface area contributed by atoms with Crippen LogP contribution in [0.3, 0.4) is 0 Å². The van der Waals surface area contributed by atoms with E-state index in [2.05, 4.69) is 5.32 Å². The molecular formula is C30H30N4O4S. The molecule has 2 unspecified atom stereocenters. The maximum atomic E-state index is 13.6. The lowest BCUT2D eigenvalue weighted by atomic mass is 9.98. The summed E-state index contributed by atoms with van der Waals surface area (Å²) in [5.41, 5.74) is 3.41. The number of hydrogen-bond donors (Lipinski definition) is 1. The van der Waals surface area contributed by atoms with Gasteiger partial charge in [-0.05, 0) is 42.3 Å². The van der Waals surface area contributed by atoms with E-state index in [1.807, 2.05) is 85.9 Å². The molecule has 2 amide bonds. The van der Waals surface area contributed by atoms with Gasteiger partial charge in [-0.2, -0.15) is 0 Å². The van der Waals surface area contributed by atoms with Crippen molar-refractivity contribution < 1.29 is 19.1 Å². The van der Waals surface area contributed by atoms with E-state index in [1.165, 1.54) is 0 Å². The summed E-state index contributed by atoms with van der Waals surface area (Å²) in [6.07, 6.45) is 1.91. The molecule has 1 aromatic heterocycles. The van der Waals surface area contributed by atoms with Crippen molar-refractivity contribution in [2.75, 3.05) is 31.2 Å². The van der Waals surface area contributed by atoms with Gasteiger partial charge in [0.2, 0.25) is 11.8 Å². The Bertz CT molecular complexity index is 1460. The van der Waals surface area contributed by atoms with Crippen LogP contribution in [0.2, 0.25) is 0 Å². The minimum Gasteiger partial charge on any atom is -0.493 e. The zero-order valence-corrected chi connectivity index (χ0v) is 22.9. The molecule has 0 saturated carbocycles. The lowest BCUT2D eigenvalue weighted by Gasteiger charge is -2.26. The lowest BCUT2D eigenvalue weighted by Crippen LogP contribution is -2.46. The van der Waals surface area contributed by atoms with Gasteiger partial charge in [-0.15, -0.1) is 16.9 Å². The summed E-state index contributed by atoms with van der Waals surface area (Å²) in [5.74, 6) is 1.72. The van der Waals surface area contributed by atoms with Crippen LogP contribution in [0.1, 0.15) is 18.4 Å². The SMILES string of the molecule is COc1ccc(C(C)C(=O)N2CSCC2C(=O)Nc2nn(-c3ccccc3)cc2-c2ccccc2)cc1OC. The van der Waals surface area contributed by atoms with Gasteiger partial charge in [0.1, 0.15) is 6.04 Å². The zero-order chi connectivity index (χ0) is 27.4. The molecule has 0 radical (unpaired) electrons. The van der Waals surface area contributed by atoms with Crippen LogP contribution in [0.15, 0.2) is 85.1 Å². The van der Waals surface area contributed by atoms with Crippen LogP contribution in [0.25, 0.3) is 16.8 Å². The Labute approximate surface area is 231 Å². The highest BCUT2D eigenvalue weighted by Gasteiger charge is 2.37. The van der Waals surface area contributed by atoms with Crippen molar-refractivity contribution in [2.24, 2.45) is 0 Å². The molecule has 1 aliphatic heterocycles. The van der Waals surface area contributed by atoms with E-state index in [0.717, 1.165) is 22.4 Å². The van der Waals surface area contributed by atoms with Crippen molar-refractivity contribution in [3.63, 3.8) is 0 Å². The number of para-hydroxylation sites is 1. The lowest BCUT2D eigenvalue weighted by molar-refractivity contribution is -0.137. The molecule has 2 heterocycles. The highest BCUT2D eigenvalue weighted by molar-refractivity contribution is 7.99. The maximum absolute atomic E-state index is 13.6. The number of methoxy groups -OCH3 is 2. The normalized spacial score (nSPS) is 15.6. The topological polar surface area (TPSA) is 85.7 Å². The Balaban J connectivity index is 1.38. The number of thioether (sulfide) groups is 1. The minimum atomic E-state index is -0.615. The second-order valence-electron chi connectivity index (χ2n) is 9.19. The molecule has 0 bridgehead atoms. The molecule has 5 rings (SSSR count). The van der Waals surface area contributed by atoms with E-state index in [1.54, 1.807) is 41.6 Å². The Morgan fingerprint density at radius 2 is 1.67 bits per heavy atom. The van der Waals surface area contributed by atoms with E-state index < -0.39 is 12.0 Å². The van der Waals surface area contributed by atoms with Crippen molar-refractivity contribution in [3.8, 4) is 28.3 Å². The summed E-state index contributed by atoms with van der Waals surface area (Å²) < 4.78 is 12.5. The van der Waals surface area contributed by atoms with Gasteiger partial charge in [0.15, 0.2) is 17.3 Å². The summed E-state index contributed by atoms with van der Waals surface area (Å²) in [4.78, 5) is 28.8. The van der Waals surface area contributed by atoms with E-state index in [0.29, 0.717) is 28.9 Å². The summed E-state index contributed by atoms with van der Waals surface area (Å²) in [6.45, 7) is 1.84. The quantitative estimate of drug-likeness (QED) is 0.329. The molecule has 0 spiro atoms. The maximum Gasteiger partial charge on any atom is 0.249 e. The first-order chi connectivity index (χ1) is 19.0. The third-order valence-electron chi connectivity index (χ3n) is 6.81. The first kappa shape index (κ1) is 26.4. The highest BCUT2D eigenvalue weighted by atomic mass is 32.2. The Morgan fingerprint density at radius 3 is 2.36 bits per heavy atom. The Hall–Kier alpha value is -4.24. The molecule has 3 aromatic carbocycles. The second kappa shape index (κ2) is 11.7. The van der Waals surface area contributed by atoms with E-state index >= 15 is 0 Å². The molecule has 1 fully saturated rings. The van der Waals surface area contributed by atoms with Crippen LogP contribution in [-0.4, -0.2) is 58.4 Å². The number of nitrogens with zero attached hydrogens (tertiary/aromatic N) is 3. The summed E-state index contributed by atoms with van der Waals surface area (Å²) in [7, 11) is 3.14. The van der Waals surface area contributed by atoms with Gasteiger partial charge >= 0.3 is 0 Å². The minimum absolute atomic E-state index is 0.120. The molecule has 1 aliphatic rings. The van der Waals surface area contributed by atoms with Crippen molar-refractivity contribution in [2.45, 2.75) is 18.9 Å². The number of benzene rings is 3. The van der Waals surface area contributed by atoms with Crippen molar-refractivity contribution >= 4 is 29.4 Å². The van der Waals surface area contributed by atoms with Crippen LogP contribution >= 0.6 is 11.8 Å². The zero-order valence-electron chi connectivity index (χ0n) is 22.0. The number of rotatable bonds is 8. The summed E-state index contributed by atoms with van der Waals surface area (Å²) in [6, 6.07) is 24.4. The van der Waals surface area contributed by atoms with Crippen LogP contribution < -0.4 is 14.8 Å². The van der Waals surface area contributed by atoms with Crippen LogP contribution in [0, 0.1) is 0 Å². The molecule has 9 heteroatoms. The smallest absolute Gasteiger partial charge is 0.249 e. The van der Waals surface area contributed by atoms with E-state index in [4.69, 9.17) is 14.6 Å². The van der Waals surface area contributed by atoms with Crippen molar-refractivity contribution in [1.82, 2.24) is 14.7 Å². The molecular weight excluding hydrogens is 512 g/mol. The molecule has 8 nitrogen and oxygen atoms in total. The van der Waals surface area contributed by atoms with Gasteiger partial charge in [-0.3, -0.25) is 9.59 Å². The van der Waals surface area contributed by atoms with Crippen LogP contribution in [0.5, 0.6) is 11.5 Å². The molecule has 39 heavy (non-hydrogen) atoms. The molecule has 0 aliphatic carbocycles. The van der Waals surface area contributed by atoms with Gasteiger partial charge in [0.05, 0.1) is 31.7 Å². The summed E-state index contributed by atoms with van der Waals surface area (Å²) in [5, 5.41) is 7.73. The average molecular weight is 543 g/mol. The molecule has 2 atom stereocenters. The van der Waals surface area contributed by atoms with E-state index in [9.17, 15) is 9.59 Å². The number of amides is 2. The fraction of sp³-hybridized carbons (Fsp3) is 0.233. The fourth-order valence-electron chi connectivity index (χ4n) is 4.60. The predicted octanol–water partition coefficient (Wildman–Crippen LogP) is 5.20. The first-order valence-electron chi connectivity index (χ1n) is 12.6. The van der Waals surface area contributed by atoms with Gasteiger partial charge in [0, 0.05) is 17.5 Å². The number of nitrogens with one attached hydrogen (secondary N) is 1. The summed E-state index contributed by atoms with van der Waals surface area (Å²) >= 11 is 1.56. The van der Waals surface area contributed by atoms with Crippen molar-refractivity contribution in [3.05, 3.63) is 90.6 Å². The third-order valence-corrected chi connectivity index (χ3v) is 7.82. The molecule has 4 aromatic rings. The molecule has 200 valence electrons. The molecule has 1 saturated heterocycles. The average Bonchev–Trinajstić information content (AvgIpc) is 3.65. The van der Waals surface area contributed by atoms with Gasteiger partial charge in [-0.25, -0.2) is 4.68 Å². The standard InChI is InChI=1S/C30H30N4O4S/c1-20(22-14-15-26(37-2)27(16-22)38-3)30(36)33-19-39-18-25(33)29(35)31-28-24(21-10-6-4-7-11-21)17-34(32-28)23-12-8-5-9-13-23/h4-17,20,25H,18-19H2,1-3H3,(H,31,32,35). The highest BCUT2D eigenvalue weighted by Crippen LogP contribution is 2.34.